The van der Waals surface area contributed by atoms with Crippen molar-refractivity contribution in [1.29, 1.82) is 0 Å². The molecule has 0 radical (unpaired) electrons. The van der Waals surface area contributed by atoms with Crippen molar-refractivity contribution in [3.8, 4) is 17.1 Å². The monoisotopic (exact) mass is 328 g/mol. The lowest BCUT2D eigenvalue weighted by Gasteiger charge is -2.13. The Morgan fingerprint density at radius 1 is 0.840 bits per heavy atom. The van der Waals surface area contributed by atoms with Gasteiger partial charge in [-0.3, -0.25) is 4.98 Å². The van der Waals surface area contributed by atoms with Crippen LogP contribution in [-0.2, 0) is 0 Å². The van der Waals surface area contributed by atoms with Crippen LogP contribution in [0.25, 0.3) is 22.3 Å². The zero-order chi connectivity index (χ0) is 17.1. The number of aromatic nitrogens is 3. The SMILES string of the molecule is COc1ccccc1Nc1nc(-c2ccncc2)nc2ccccc12. The first kappa shape index (κ1) is 15.1. The number of nitrogens with one attached hydrogen (secondary N) is 1. The van der Waals surface area contributed by atoms with Gasteiger partial charge in [0.1, 0.15) is 11.6 Å². The molecule has 1 N–H and O–H groups in total. The lowest BCUT2D eigenvalue weighted by Crippen LogP contribution is -2.00. The third-order valence-electron chi connectivity index (χ3n) is 3.90. The van der Waals surface area contributed by atoms with Gasteiger partial charge in [0.25, 0.3) is 0 Å². The van der Waals surface area contributed by atoms with Gasteiger partial charge in [0.15, 0.2) is 5.82 Å². The van der Waals surface area contributed by atoms with Gasteiger partial charge in [-0.1, -0.05) is 24.3 Å². The molecule has 2 aromatic heterocycles. The molecule has 4 rings (SSSR count). The molecule has 0 fully saturated rings. The Morgan fingerprint density at radius 3 is 2.44 bits per heavy atom. The standard InChI is InChI=1S/C20H16N4O/c1-25-18-9-5-4-8-17(18)23-20-15-6-2-3-7-16(15)22-19(24-20)14-10-12-21-13-11-14/h2-13H,1H3,(H,22,23,24). The highest BCUT2D eigenvalue weighted by Crippen LogP contribution is 2.31. The second kappa shape index (κ2) is 6.57. The van der Waals surface area contributed by atoms with Crippen molar-refractivity contribution in [1.82, 2.24) is 15.0 Å². The number of ether oxygens (including phenoxy) is 1. The molecule has 25 heavy (non-hydrogen) atoms. The number of pyridine rings is 1. The lowest BCUT2D eigenvalue weighted by atomic mass is 10.2. The van der Waals surface area contributed by atoms with Gasteiger partial charge in [-0.2, -0.15) is 0 Å². The van der Waals surface area contributed by atoms with Crippen LogP contribution in [0, 0.1) is 0 Å². The van der Waals surface area contributed by atoms with E-state index in [1.807, 2.05) is 60.7 Å². The number of methoxy groups -OCH3 is 1. The summed E-state index contributed by atoms with van der Waals surface area (Å²) in [5.74, 6) is 2.15. The molecular weight excluding hydrogens is 312 g/mol. The van der Waals surface area contributed by atoms with Gasteiger partial charge in [-0.15, -0.1) is 0 Å². The van der Waals surface area contributed by atoms with E-state index in [1.165, 1.54) is 0 Å². The minimum atomic E-state index is 0.651. The molecule has 122 valence electrons. The number of rotatable bonds is 4. The first-order chi connectivity index (χ1) is 12.3. The molecule has 2 heterocycles. The third kappa shape index (κ3) is 2.99. The molecule has 5 heteroatoms. The van der Waals surface area contributed by atoms with Gasteiger partial charge in [-0.25, -0.2) is 9.97 Å². The predicted octanol–water partition coefficient (Wildman–Crippen LogP) is 4.44. The topological polar surface area (TPSA) is 59.9 Å². The Balaban J connectivity index is 1.87. The van der Waals surface area contributed by atoms with Gasteiger partial charge in [0.05, 0.1) is 18.3 Å². The first-order valence-electron chi connectivity index (χ1n) is 7.92. The Hall–Kier alpha value is -3.47. The zero-order valence-corrected chi connectivity index (χ0v) is 13.7. The summed E-state index contributed by atoms with van der Waals surface area (Å²) in [5, 5.41) is 4.34. The van der Waals surface area contributed by atoms with Crippen LogP contribution in [-0.4, -0.2) is 22.1 Å². The molecule has 0 spiro atoms. The number of fused-ring (bicyclic) bond motifs is 1. The van der Waals surface area contributed by atoms with Crippen molar-refractivity contribution < 1.29 is 4.74 Å². The third-order valence-corrected chi connectivity index (χ3v) is 3.90. The smallest absolute Gasteiger partial charge is 0.162 e. The molecule has 0 aliphatic heterocycles. The van der Waals surface area contributed by atoms with Crippen molar-refractivity contribution in [2.45, 2.75) is 0 Å². The highest BCUT2D eigenvalue weighted by molar-refractivity contribution is 5.92. The number of benzene rings is 2. The number of para-hydroxylation sites is 3. The van der Waals surface area contributed by atoms with Crippen LogP contribution in [0.4, 0.5) is 11.5 Å². The predicted molar refractivity (Wildman–Crippen MR) is 99.0 cm³/mol. The lowest BCUT2D eigenvalue weighted by molar-refractivity contribution is 0.417. The Kier molecular flexibility index (Phi) is 3.96. The molecule has 0 bridgehead atoms. The van der Waals surface area contributed by atoms with E-state index < -0.39 is 0 Å². The minimum Gasteiger partial charge on any atom is -0.495 e. The maximum Gasteiger partial charge on any atom is 0.162 e. The molecular formula is C20H16N4O. The fourth-order valence-electron chi connectivity index (χ4n) is 2.68. The van der Waals surface area contributed by atoms with E-state index in [0.29, 0.717) is 5.82 Å². The summed E-state index contributed by atoms with van der Waals surface area (Å²) in [5.41, 5.74) is 2.65. The Labute approximate surface area is 145 Å². The maximum atomic E-state index is 5.43. The van der Waals surface area contributed by atoms with Crippen molar-refractivity contribution >= 4 is 22.4 Å². The summed E-state index contributed by atoms with van der Waals surface area (Å²) in [6, 6.07) is 19.5. The summed E-state index contributed by atoms with van der Waals surface area (Å²) in [6.07, 6.45) is 3.47. The molecule has 0 unspecified atom stereocenters. The fourth-order valence-corrected chi connectivity index (χ4v) is 2.68. The van der Waals surface area contributed by atoms with Crippen LogP contribution in [0.3, 0.4) is 0 Å². The van der Waals surface area contributed by atoms with E-state index in [2.05, 4.69) is 15.3 Å². The van der Waals surface area contributed by atoms with Crippen LogP contribution >= 0.6 is 0 Å². The van der Waals surface area contributed by atoms with E-state index in [1.54, 1.807) is 19.5 Å². The highest BCUT2D eigenvalue weighted by Gasteiger charge is 2.11. The second-order valence-electron chi connectivity index (χ2n) is 5.47. The average molecular weight is 328 g/mol. The Morgan fingerprint density at radius 2 is 1.60 bits per heavy atom. The van der Waals surface area contributed by atoms with E-state index in [0.717, 1.165) is 33.7 Å². The number of hydrogen-bond acceptors (Lipinski definition) is 5. The summed E-state index contributed by atoms with van der Waals surface area (Å²) in [7, 11) is 1.65. The number of anilines is 2. The summed E-state index contributed by atoms with van der Waals surface area (Å²) in [6.45, 7) is 0. The van der Waals surface area contributed by atoms with Crippen molar-refractivity contribution in [3.05, 3.63) is 73.1 Å². The molecule has 0 saturated carbocycles. The summed E-state index contributed by atoms with van der Waals surface area (Å²) >= 11 is 0. The van der Waals surface area contributed by atoms with Crippen LogP contribution in [0.15, 0.2) is 73.1 Å². The quantitative estimate of drug-likeness (QED) is 0.600. The summed E-state index contributed by atoms with van der Waals surface area (Å²) in [4.78, 5) is 13.5. The van der Waals surface area contributed by atoms with Crippen molar-refractivity contribution in [2.24, 2.45) is 0 Å². The average Bonchev–Trinajstić information content (AvgIpc) is 2.69. The first-order valence-corrected chi connectivity index (χ1v) is 7.92. The van der Waals surface area contributed by atoms with Gasteiger partial charge in [-0.05, 0) is 36.4 Å². The van der Waals surface area contributed by atoms with Gasteiger partial charge in [0, 0.05) is 23.3 Å². The second-order valence-corrected chi connectivity index (χ2v) is 5.47. The molecule has 4 aromatic rings. The van der Waals surface area contributed by atoms with Crippen LogP contribution in [0.5, 0.6) is 5.75 Å². The molecule has 0 aliphatic rings. The van der Waals surface area contributed by atoms with Crippen LogP contribution < -0.4 is 10.1 Å². The fraction of sp³-hybridized carbons (Fsp3) is 0.0500. The normalized spacial score (nSPS) is 10.6. The van der Waals surface area contributed by atoms with Gasteiger partial charge < -0.3 is 10.1 Å². The molecule has 0 saturated heterocycles. The zero-order valence-electron chi connectivity index (χ0n) is 13.7. The van der Waals surface area contributed by atoms with E-state index in [-0.39, 0.29) is 0 Å². The number of hydrogen-bond donors (Lipinski definition) is 1. The largest absolute Gasteiger partial charge is 0.495 e. The molecule has 5 nitrogen and oxygen atoms in total. The molecule has 0 atom stereocenters. The Bertz CT molecular complexity index is 1020. The maximum absolute atomic E-state index is 5.43. The van der Waals surface area contributed by atoms with Crippen LogP contribution in [0.2, 0.25) is 0 Å². The summed E-state index contributed by atoms with van der Waals surface area (Å²) < 4.78 is 5.43. The van der Waals surface area contributed by atoms with Gasteiger partial charge >= 0.3 is 0 Å². The highest BCUT2D eigenvalue weighted by atomic mass is 16.5. The van der Waals surface area contributed by atoms with Crippen molar-refractivity contribution in [3.63, 3.8) is 0 Å². The molecule has 0 aliphatic carbocycles. The minimum absolute atomic E-state index is 0.651. The van der Waals surface area contributed by atoms with E-state index in [4.69, 9.17) is 9.72 Å². The van der Waals surface area contributed by atoms with Gasteiger partial charge in [0.2, 0.25) is 0 Å². The van der Waals surface area contributed by atoms with Crippen molar-refractivity contribution in [2.75, 3.05) is 12.4 Å². The van der Waals surface area contributed by atoms with Crippen LogP contribution in [0.1, 0.15) is 0 Å². The van der Waals surface area contributed by atoms with E-state index in [9.17, 15) is 0 Å². The molecule has 0 amide bonds. The number of nitrogens with zero attached hydrogens (tertiary/aromatic N) is 3. The van der Waals surface area contributed by atoms with E-state index >= 15 is 0 Å². The molecule has 2 aromatic carbocycles.